The zero-order chi connectivity index (χ0) is 22.9. The monoisotopic (exact) mass is 514 g/mol. The average molecular weight is 516 g/mol. The molecule has 1 aromatic heterocycles. The van der Waals surface area contributed by atoms with Crippen molar-refractivity contribution in [3.05, 3.63) is 87.1 Å². The lowest BCUT2D eigenvalue weighted by Gasteiger charge is -2.25. The maximum atomic E-state index is 12.9. The van der Waals surface area contributed by atoms with Gasteiger partial charge in [0.2, 0.25) is 0 Å². The van der Waals surface area contributed by atoms with E-state index in [0.29, 0.717) is 40.3 Å². The van der Waals surface area contributed by atoms with Crippen LogP contribution in [0.1, 0.15) is 23.2 Å². The zero-order valence-electron chi connectivity index (χ0n) is 17.2. The number of rotatable bonds is 4. The Labute approximate surface area is 205 Å². The van der Waals surface area contributed by atoms with Gasteiger partial charge in [0, 0.05) is 25.0 Å². The van der Waals surface area contributed by atoms with Crippen LogP contribution in [0.2, 0.25) is 10.0 Å². The fourth-order valence-corrected chi connectivity index (χ4v) is 4.15. The molecule has 2 aromatic carbocycles. The first-order valence-corrected chi connectivity index (χ1v) is 10.7. The Balaban J connectivity index is 0.00000306. The van der Waals surface area contributed by atoms with Crippen molar-refractivity contribution in [2.75, 3.05) is 13.1 Å². The van der Waals surface area contributed by atoms with E-state index in [4.69, 9.17) is 23.2 Å². The highest BCUT2D eigenvalue weighted by atomic mass is 35.5. The van der Waals surface area contributed by atoms with Crippen LogP contribution in [0.15, 0.2) is 60.2 Å². The highest BCUT2D eigenvalue weighted by Crippen LogP contribution is 2.36. The molecule has 0 spiro atoms. The largest absolute Gasteiger partial charge is 0.504 e. The zero-order valence-corrected chi connectivity index (χ0v) is 19.6. The van der Waals surface area contributed by atoms with Gasteiger partial charge >= 0.3 is 6.18 Å². The van der Waals surface area contributed by atoms with Gasteiger partial charge < -0.3 is 5.11 Å². The predicted molar refractivity (Wildman–Crippen MR) is 129 cm³/mol. The molecule has 0 amide bonds. The van der Waals surface area contributed by atoms with Crippen LogP contribution in [-0.2, 0) is 12.7 Å². The molecule has 0 fully saturated rings. The van der Waals surface area contributed by atoms with Gasteiger partial charge in [-0.1, -0.05) is 53.6 Å². The third-order valence-corrected chi connectivity index (χ3v) is 5.94. The Morgan fingerprint density at radius 1 is 1.06 bits per heavy atom. The van der Waals surface area contributed by atoms with E-state index in [1.54, 1.807) is 18.2 Å². The minimum atomic E-state index is -4.33. The summed E-state index contributed by atoms with van der Waals surface area (Å²) in [6.07, 6.45) is 2.30. The molecular formula is C24H20Cl3F3N2O. The van der Waals surface area contributed by atoms with Gasteiger partial charge in [-0.15, -0.1) is 12.4 Å². The molecule has 3 aromatic rings. The van der Waals surface area contributed by atoms with Gasteiger partial charge in [0.15, 0.2) is 5.75 Å². The van der Waals surface area contributed by atoms with E-state index in [1.165, 1.54) is 18.2 Å². The maximum absolute atomic E-state index is 12.9. The number of nitrogens with zero attached hydrogens (tertiary/aromatic N) is 2. The highest BCUT2D eigenvalue weighted by molar-refractivity contribution is 6.39. The second-order valence-electron chi connectivity index (χ2n) is 7.62. The smallest absolute Gasteiger partial charge is 0.416 e. The molecule has 0 atom stereocenters. The normalized spacial score (nSPS) is 15.0. The summed E-state index contributed by atoms with van der Waals surface area (Å²) in [6.45, 7) is 1.85. The molecule has 0 saturated carbocycles. The van der Waals surface area contributed by atoms with Crippen molar-refractivity contribution in [1.29, 1.82) is 0 Å². The number of phenols is 1. The second-order valence-corrected chi connectivity index (χ2v) is 8.43. The van der Waals surface area contributed by atoms with E-state index in [2.05, 4.69) is 16.0 Å². The van der Waals surface area contributed by atoms with Gasteiger partial charge in [-0.05, 0) is 47.9 Å². The average Bonchev–Trinajstić information content (AvgIpc) is 2.76. The van der Waals surface area contributed by atoms with E-state index in [1.807, 2.05) is 12.2 Å². The molecule has 0 radical (unpaired) electrons. The molecule has 9 heteroatoms. The van der Waals surface area contributed by atoms with Crippen LogP contribution in [0, 0.1) is 0 Å². The van der Waals surface area contributed by atoms with Crippen molar-refractivity contribution < 1.29 is 18.3 Å². The number of fused-ring (bicyclic) bond motifs is 1. The van der Waals surface area contributed by atoms with Crippen LogP contribution in [0.3, 0.4) is 0 Å². The summed E-state index contributed by atoms with van der Waals surface area (Å²) in [5.41, 5.74) is 2.13. The first kappa shape index (κ1) is 25.4. The minimum absolute atomic E-state index is 0. The number of alkyl halides is 3. The van der Waals surface area contributed by atoms with Gasteiger partial charge in [-0.3, -0.25) is 4.90 Å². The van der Waals surface area contributed by atoms with Gasteiger partial charge in [0.1, 0.15) is 5.52 Å². The van der Waals surface area contributed by atoms with Crippen LogP contribution in [-0.4, -0.2) is 28.1 Å². The Hall–Kier alpha value is -2.25. The summed E-state index contributed by atoms with van der Waals surface area (Å²) in [5, 5.41) is 11.4. The number of halogens is 6. The number of allylic oxidation sites excluding steroid dienone is 1. The third-order valence-electron chi connectivity index (χ3n) is 5.34. The second kappa shape index (κ2) is 10.3. The molecular weight excluding hydrogens is 496 g/mol. The summed E-state index contributed by atoms with van der Waals surface area (Å²) in [7, 11) is 0. The van der Waals surface area contributed by atoms with E-state index in [0.717, 1.165) is 24.6 Å². The highest BCUT2D eigenvalue weighted by Gasteiger charge is 2.30. The van der Waals surface area contributed by atoms with Gasteiger partial charge in [-0.25, -0.2) is 4.98 Å². The summed E-state index contributed by atoms with van der Waals surface area (Å²) < 4.78 is 38.7. The lowest BCUT2D eigenvalue weighted by Crippen LogP contribution is -2.28. The Kier molecular flexibility index (Phi) is 7.96. The Bertz CT molecular complexity index is 1230. The molecule has 33 heavy (non-hydrogen) atoms. The number of benzene rings is 2. The van der Waals surface area contributed by atoms with E-state index >= 15 is 0 Å². The van der Waals surface area contributed by atoms with Gasteiger partial charge in [0.25, 0.3) is 0 Å². The maximum Gasteiger partial charge on any atom is 0.416 e. The molecule has 4 rings (SSSR count). The number of aromatic hydroxyl groups is 1. The van der Waals surface area contributed by atoms with E-state index in [-0.39, 0.29) is 23.2 Å². The van der Waals surface area contributed by atoms with Crippen molar-refractivity contribution >= 4 is 52.6 Å². The molecule has 0 bridgehead atoms. The quantitative estimate of drug-likeness (QED) is 0.390. The first-order chi connectivity index (χ1) is 15.2. The Morgan fingerprint density at radius 2 is 1.85 bits per heavy atom. The van der Waals surface area contributed by atoms with Crippen LogP contribution >= 0.6 is 35.6 Å². The number of phenolic OH excluding ortho intramolecular Hbond substituents is 1. The van der Waals surface area contributed by atoms with Crippen LogP contribution in [0.25, 0.3) is 17.0 Å². The van der Waals surface area contributed by atoms with Crippen LogP contribution in [0.4, 0.5) is 13.2 Å². The molecule has 3 nitrogen and oxygen atoms in total. The van der Waals surface area contributed by atoms with Gasteiger partial charge in [-0.2, -0.15) is 13.2 Å². The standard InChI is InChI=1S/C24H19Cl2F3N2O.ClH/c25-20-13-21(26)23(32)22-19(20)7-6-18(30-22)5-4-15-8-10-31(11-9-15)14-16-2-1-3-17(12-16)24(27,28)29;/h1-8,12-13,32H,9-11,14H2;1H/b5-4+;. The molecule has 0 unspecified atom stereocenters. The molecule has 0 aliphatic carbocycles. The topological polar surface area (TPSA) is 36.4 Å². The molecule has 0 saturated heterocycles. The van der Waals surface area contributed by atoms with Crippen LogP contribution < -0.4 is 0 Å². The third kappa shape index (κ3) is 6.01. The lowest BCUT2D eigenvalue weighted by molar-refractivity contribution is -0.137. The lowest BCUT2D eigenvalue weighted by atomic mass is 10.1. The van der Waals surface area contributed by atoms with E-state index < -0.39 is 11.7 Å². The summed E-state index contributed by atoms with van der Waals surface area (Å²) in [6, 6.07) is 10.5. The van der Waals surface area contributed by atoms with Crippen molar-refractivity contribution in [2.45, 2.75) is 19.1 Å². The Morgan fingerprint density at radius 3 is 2.55 bits per heavy atom. The van der Waals surface area contributed by atoms with E-state index in [9.17, 15) is 18.3 Å². The fourth-order valence-electron chi connectivity index (χ4n) is 3.63. The minimum Gasteiger partial charge on any atom is -0.504 e. The van der Waals surface area contributed by atoms with Crippen molar-refractivity contribution in [3.63, 3.8) is 0 Å². The predicted octanol–water partition coefficient (Wildman–Crippen LogP) is 7.53. The fraction of sp³-hybridized carbons (Fsp3) is 0.208. The SMILES string of the molecule is Cl.Oc1c(Cl)cc(Cl)c2ccc(/C=C/C3=CCN(Cc4cccc(C(F)(F)F)c4)CC3)nc12. The molecule has 174 valence electrons. The molecule has 2 heterocycles. The van der Waals surface area contributed by atoms with Crippen molar-refractivity contribution in [3.8, 4) is 5.75 Å². The van der Waals surface area contributed by atoms with Gasteiger partial charge in [0.05, 0.1) is 21.3 Å². The summed E-state index contributed by atoms with van der Waals surface area (Å²) >= 11 is 12.1. The summed E-state index contributed by atoms with van der Waals surface area (Å²) in [5.74, 6) is -0.108. The van der Waals surface area contributed by atoms with Crippen LogP contribution in [0.5, 0.6) is 5.75 Å². The number of pyridine rings is 1. The summed E-state index contributed by atoms with van der Waals surface area (Å²) in [4.78, 5) is 6.54. The van der Waals surface area contributed by atoms with Crippen molar-refractivity contribution in [1.82, 2.24) is 9.88 Å². The molecule has 1 N–H and O–H groups in total. The number of hydrogen-bond acceptors (Lipinski definition) is 3. The first-order valence-electron chi connectivity index (χ1n) is 9.94. The number of hydrogen-bond donors (Lipinski definition) is 1. The number of aromatic nitrogens is 1. The van der Waals surface area contributed by atoms with Crippen molar-refractivity contribution in [2.24, 2.45) is 0 Å². The molecule has 1 aliphatic heterocycles. The molecule has 1 aliphatic rings.